The number of rotatable bonds is 2. The van der Waals surface area contributed by atoms with Crippen LogP contribution in [-0.4, -0.2) is 16.9 Å². The third-order valence-corrected chi connectivity index (χ3v) is 1.32. The van der Waals surface area contributed by atoms with Crippen LogP contribution in [0.15, 0.2) is 0 Å². The van der Waals surface area contributed by atoms with Gasteiger partial charge in [-0.3, -0.25) is 14.9 Å². The van der Waals surface area contributed by atoms with Gasteiger partial charge >= 0.3 is 0 Å². The molecule has 9 heavy (non-hydrogen) atoms. The molecule has 0 atom stereocenters. The van der Waals surface area contributed by atoms with Crippen LogP contribution >= 0.6 is 11.8 Å². The Kier molecular flexibility index (Phi) is 4.13. The first kappa shape index (κ1) is 8.49. The van der Waals surface area contributed by atoms with Crippen molar-refractivity contribution in [2.75, 3.05) is 0 Å². The molecular weight excluding hydrogens is 138 g/mol. The van der Waals surface area contributed by atoms with Gasteiger partial charge in [-0.15, -0.1) is 0 Å². The zero-order valence-corrected chi connectivity index (χ0v) is 6.20. The van der Waals surface area contributed by atoms with Crippen molar-refractivity contribution in [2.24, 2.45) is 0 Å². The fraction of sp³-hybridized carbons (Fsp3) is 0.600. The molecule has 0 radical (unpaired) electrons. The van der Waals surface area contributed by atoms with Crippen LogP contribution in [0, 0.1) is 0 Å². The molecule has 0 aliphatic heterocycles. The van der Waals surface area contributed by atoms with E-state index in [9.17, 15) is 9.59 Å². The van der Waals surface area contributed by atoms with Crippen molar-refractivity contribution < 1.29 is 9.59 Å². The molecule has 2 amide bonds. The van der Waals surface area contributed by atoms with E-state index in [-0.39, 0.29) is 10.5 Å². The van der Waals surface area contributed by atoms with Gasteiger partial charge in [0, 0.05) is 5.25 Å². The van der Waals surface area contributed by atoms with Crippen LogP contribution in [0.4, 0.5) is 4.79 Å². The van der Waals surface area contributed by atoms with Gasteiger partial charge in [-0.2, -0.15) is 0 Å². The quantitative estimate of drug-likeness (QED) is 0.592. The predicted molar refractivity (Wildman–Crippen MR) is 37.3 cm³/mol. The molecule has 0 heterocycles. The van der Waals surface area contributed by atoms with Gasteiger partial charge in [0.1, 0.15) is 0 Å². The van der Waals surface area contributed by atoms with Crippen molar-refractivity contribution >= 4 is 23.4 Å². The molecule has 0 aliphatic carbocycles. The van der Waals surface area contributed by atoms with E-state index >= 15 is 0 Å². The average molecular weight is 147 g/mol. The third-order valence-electron chi connectivity index (χ3n) is 0.520. The molecule has 3 nitrogen and oxygen atoms in total. The summed E-state index contributed by atoms with van der Waals surface area (Å²) >= 11 is 1.10. The minimum atomic E-state index is -0.292. The fourth-order valence-corrected chi connectivity index (χ4v) is 0.841. The molecule has 1 N–H and O–H groups in total. The Hall–Kier alpha value is -0.510. The molecule has 0 aliphatic rings. The van der Waals surface area contributed by atoms with Gasteiger partial charge < -0.3 is 0 Å². The van der Waals surface area contributed by atoms with Crippen molar-refractivity contribution in [3.8, 4) is 0 Å². The Morgan fingerprint density at radius 2 is 2.22 bits per heavy atom. The summed E-state index contributed by atoms with van der Waals surface area (Å²) in [4.78, 5) is 20.1. The molecule has 0 saturated heterocycles. The van der Waals surface area contributed by atoms with Crippen molar-refractivity contribution in [1.29, 1.82) is 0 Å². The van der Waals surface area contributed by atoms with Gasteiger partial charge in [0.2, 0.25) is 6.41 Å². The van der Waals surface area contributed by atoms with Crippen LogP contribution in [-0.2, 0) is 4.79 Å². The fourth-order valence-electron chi connectivity index (χ4n) is 0.296. The first-order valence-corrected chi connectivity index (χ1v) is 3.45. The minimum Gasteiger partial charge on any atom is -0.290 e. The maximum atomic E-state index is 10.5. The van der Waals surface area contributed by atoms with Crippen molar-refractivity contribution in [3.63, 3.8) is 0 Å². The number of nitrogens with one attached hydrogen (secondary N) is 1. The van der Waals surface area contributed by atoms with Crippen LogP contribution in [0.1, 0.15) is 13.8 Å². The van der Waals surface area contributed by atoms with Gasteiger partial charge in [-0.05, 0) is 0 Å². The molecule has 0 bridgehead atoms. The van der Waals surface area contributed by atoms with E-state index in [2.05, 4.69) is 0 Å². The molecule has 0 aromatic carbocycles. The maximum absolute atomic E-state index is 10.5. The zero-order valence-electron chi connectivity index (χ0n) is 5.38. The molecule has 52 valence electrons. The molecular formula is C5H9NO2S. The van der Waals surface area contributed by atoms with Gasteiger partial charge in [0.15, 0.2) is 0 Å². The zero-order chi connectivity index (χ0) is 7.28. The lowest BCUT2D eigenvalue weighted by atomic mass is 10.6. The van der Waals surface area contributed by atoms with Crippen molar-refractivity contribution in [3.05, 3.63) is 0 Å². The second-order valence-electron chi connectivity index (χ2n) is 1.72. The molecule has 0 aromatic heterocycles. The Morgan fingerprint density at radius 3 is 2.56 bits per heavy atom. The van der Waals surface area contributed by atoms with E-state index in [1.807, 2.05) is 19.2 Å². The third kappa shape index (κ3) is 5.36. The summed E-state index contributed by atoms with van der Waals surface area (Å²) in [5.74, 6) is 0. The van der Waals surface area contributed by atoms with Crippen molar-refractivity contribution in [2.45, 2.75) is 19.1 Å². The van der Waals surface area contributed by atoms with Gasteiger partial charge in [-0.1, -0.05) is 25.6 Å². The Balaban J connectivity index is 3.38. The van der Waals surface area contributed by atoms with Crippen LogP contribution in [0.3, 0.4) is 0 Å². The highest BCUT2D eigenvalue weighted by atomic mass is 32.2. The summed E-state index contributed by atoms with van der Waals surface area (Å²) in [6.45, 7) is 3.77. The number of carbonyl (C=O) groups excluding carboxylic acids is 2. The van der Waals surface area contributed by atoms with E-state index in [0.29, 0.717) is 6.41 Å². The number of hydrogen-bond donors (Lipinski definition) is 1. The number of imide groups is 1. The standard InChI is InChI=1S/C5H9NO2S/c1-4(2)9-5(8)6-3-7/h3-4H,1-2H3,(H,6,7,8). The summed E-state index contributed by atoms with van der Waals surface area (Å²) < 4.78 is 0. The SMILES string of the molecule is CC(C)SC(=O)NC=O. The lowest BCUT2D eigenvalue weighted by Crippen LogP contribution is -2.17. The lowest BCUT2D eigenvalue weighted by Gasteiger charge is -1.99. The Morgan fingerprint density at radius 1 is 1.67 bits per heavy atom. The Bertz CT molecular complexity index is 114. The van der Waals surface area contributed by atoms with Crippen LogP contribution in [0.5, 0.6) is 0 Å². The highest BCUT2D eigenvalue weighted by molar-refractivity contribution is 8.14. The van der Waals surface area contributed by atoms with E-state index in [1.165, 1.54) is 0 Å². The maximum Gasteiger partial charge on any atom is 0.285 e. The Labute approximate surface area is 58.2 Å². The van der Waals surface area contributed by atoms with Crippen LogP contribution in [0.2, 0.25) is 0 Å². The summed E-state index contributed by atoms with van der Waals surface area (Å²) in [5.41, 5.74) is 0. The number of hydrogen-bond acceptors (Lipinski definition) is 3. The second-order valence-corrected chi connectivity index (χ2v) is 3.27. The summed E-state index contributed by atoms with van der Waals surface area (Å²) in [7, 11) is 0. The van der Waals surface area contributed by atoms with Gasteiger partial charge in [-0.25, -0.2) is 0 Å². The molecule has 0 rings (SSSR count). The van der Waals surface area contributed by atoms with Crippen LogP contribution < -0.4 is 5.32 Å². The van der Waals surface area contributed by atoms with Crippen LogP contribution in [0.25, 0.3) is 0 Å². The van der Waals surface area contributed by atoms with E-state index in [1.54, 1.807) is 0 Å². The van der Waals surface area contributed by atoms with E-state index < -0.39 is 0 Å². The normalized spacial score (nSPS) is 9.22. The van der Waals surface area contributed by atoms with E-state index in [4.69, 9.17) is 0 Å². The number of amides is 2. The minimum absolute atomic E-state index is 0.227. The van der Waals surface area contributed by atoms with E-state index in [0.717, 1.165) is 11.8 Å². The first-order chi connectivity index (χ1) is 4.16. The van der Waals surface area contributed by atoms with Crippen molar-refractivity contribution in [1.82, 2.24) is 5.32 Å². The molecule has 4 heteroatoms. The molecule has 0 saturated carbocycles. The summed E-state index contributed by atoms with van der Waals surface area (Å²) in [5, 5.41) is 1.96. The smallest absolute Gasteiger partial charge is 0.285 e. The monoisotopic (exact) mass is 147 g/mol. The van der Waals surface area contributed by atoms with Gasteiger partial charge in [0.25, 0.3) is 5.24 Å². The average Bonchev–Trinajstić information content (AvgIpc) is 1.63. The summed E-state index contributed by atoms with van der Waals surface area (Å²) in [6, 6.07) is 0. The number of carbonyl (C=O) groups is 2. The highest BCUT2D eigenvalue weighted by Gasteiger charge is 2.01. The highest BCUT2D eigenvalue weighted by Crippen LogP contribution is 2.08. The predicted octanol–water partition coefficient (Wildman–Crippen LogP) is 0.994. The number of thioether (sulfide) groups is 1. The topological polar surface area (TPSA) is 46.2 Å². The molecule has 0 spiro atoms. The molecule has 0 aromatic rings. The lowest BCUT2D eigenvalue weighted by molar-refractivity contribution is -0.108. The first-order valence-electron chi connectivity index (χ1n) is 2.57. The molecule has 0 unspecified atom stereocenters. The second kappa shape index (κ2) is 4.38. The molecule has 0 fully saturated rings. The largest absolute Gasteiger partial charge is 0.290 e. The summed E-state index contributed by atoms with van der Waals surface area (Å²) in [6.07, 6.45) is 0.387. The van der Waals surface area contributed by atoms with Gasteiger partial charge in [0.05, 0.1) is 0 Å².